The van der Waals surface area contributed by atoms with Crippen LogP contribution in [0.5, 0.6) is 0 Å². The summed E-state index contributed by atoms with van der Waals surface area (Å²) in [5.41, 5.74) is 3.33. The van der Waals surface area contributed by atoms with E-state index in [4.69, 9.17) is 4.84 Å². The number of benzene rings is 2. The van der Waals surface area contributed by atoms with Crippen LogP contribution in [0.2, 0.25) is 0 Å². The first-order chi connectivity index (χ1) is 12.4. The van der Waals surface area contributed by atoms with E-state index >= 15 is 0 Å². The third-order valence-corrected chi connectivity index (χ3v) is 5.03. The molecular formula is C19H17F3INO2. The van der Waals surface area contributed by atoms with Crippen molar-refractivity contribution in [3.05, 3.63) is 67.5 Å². The van der Waals surface area contributed by atoms with E-state index in [1.54, 1.807) is 6.07 Å². The smallest absolute Gasteiger partial charge is 0.273 e. The lowest BCUT2D eigenvalue weighted by Crippen LogP contribution is -2.27. The van der Waals surface area contributed by atoms with Crippen molar-refractivity contribution in [2.24, 2.45) is 5.92 Å². The summed E-state index contributed by atoms with van der Waals surface area (Å²) in [6.45, 7) is 2.19. The number of halogens is 4. The van der Waals surface area contributed by atoms with Gasteiger partial charge in [0.1, 0.15) is 0 Å². The monoisotopic (exact) mass is 475 g/mol. The Kier molecular flexibility index (Phi) is 5.86. The molecule has 0 atom stereocenters. The van der Waals surface area contributed by atoms with Crippen molar-refractivity contribution < 1.29 is 22.8 Å². The van der Waals surface area contributed by atoms with Crippen LogP contribution >= 0.6 is 22.6 Å². The van der Waals surface area contributed by atoms with E-state index < -0.39 is 23.4 Å². The molecule has 1 fully saturated rings. The maximum atomic E-state index is 14.4. The number of hydrogen-bond donors (Lipinski definition) is 1. The number of hydrogen-bond acceptors (Lipinski definition) is 2. The average molecular weight is 475 g/mol. The highest BCUT2D eigenvalue weighted by molar-refractivity contribution is 14.1. The fraction of sp³-hybridized carbons (Fsp3) is 0.316. The molecule has 0 bridgehead atoms. The Bertz CT molecular complexity index is 853. The van der Waals surface area contributed by atoms with Gasteiger partial charge in [-0.1, -0.05) is 6.07 Å². The van der Waals surface area contributed by atoms with E-state index in [1.807, 2.05) is 19.1 Å². The van der Waals surface area contributed by atoms with Gasteiger partial charge in [-0.2, -0.15) is 0 Å². The first kappa shape index (κ1) is 19.2. The highest BCUT2D eigenvalue weighted by Crippen LogP contribution is 2.29. The van der Waals surface area contributed by atoms with Crippen LogP contribution in [-0.4, -0.2) is 12.5 Å². The molecule has 1 N–H and O–H groups in total. The zero-order valence-corrected chi connectivity index (χ0v) is 16.2. The molecule has 0 aliphatic heterocycles. The van der Waals surface area contributed by atoms with Gasteiger partial charge < -0.3 is 0 Å². The summed E-state index contributed by atoms with van der Waals surface area (Å²) in [5.74, 6) is -4.72. The summed E-state index contributed by atoms with van der Waals surface area (Å²) < 4.78 is 42.8. The summed E-state index contributed by atoms with van der Waals surface area (Å²) in [6.07, 6.45) is 2.04. The topological polar surface area (TPSA) is 38.3 Å². The third kappa shape index (κ3) is 4.37. The molecule has 3 rings (SSSR count). The quantitative estimate of drug-likeness (QED) is 0.375. The molecule has 0 radical (unpaired) electrons. The van der Waals surface area contributed by atoms with Gasteiger partial charge in [0.05, 0.1) is 12.2 Å². The molecule has 2 aromatic rings. The van der Waals surface area contributed by atoms with E-state index in [2.05, 4.69) is 28.1 Å². The van der Waals surface area contributed by atoms with Gasteiger partial charge in [0.15, 0.2) is 17.5 Å². The first-order valence-corrected chi connectivity index (χ1v) is 9.28. The van der Waals surface area contributed by atoms with Crippen LogP contribution in [0.1, 0.15) is 39.9 Å². The summed E-state index contributed by atoms with van der Waals surface area (Å²) >= 11 is 2.15. The Morgan fingerprint density at radius 2 is 1.96 bits per heavy atom. The number of aryl methyl sites for hydroxylation is 1. The van der Waals surface area contributed by atoms with Gasteiger partial charge in [-0.25, -0.2) is 18.7 Å². The van der Waals surface area contributed by atoms with Gasteiger partial charge in [0.25, 0.3) is 5.91 Å². The van der Waals surface area contributed by atoms with Crippen LogP contribution in [0.3, 0.4) is 0 Å². The lowest BCUT2D eigenvalue weighted by molar-refractivity contribution is 0.0268. The summed E-state index contributed by atoms with van der Waals surface area (Å²) in [7, 11) is 0. The van der Waals surface area contributed by atoms with Crippen LogP contribution in [0.25, 0.3) is 0 Å². The van der Waals surface area contributed by atoms with E-state index in [0.29, 0.717) is 18.6 Å². The fourth-order valence-corrected chi connectivity index (χ4v) is 3.27. The number of carbonyl (C=O) groups excluding carboxylic acids is 1. The van der Waals surface area contributed by atoms with Crippen molar-refractivity contribution in [1.82, 2.24) is 5.48 Å². The standard InChI is InChI=1S/C19H17F3INO2/c1-10-6-13(23)5-4-12(10)7-14-15(8-16(20)18(22)17(14)21)19(25)24-26-9-11-2-3-11/h4-6,8,11H,2-3,7,9H2,1H3,(H,24,25). The molecule has 1 aliphatic carbocycles. The fourth-order valence-electron chi connectivity index (χ4n) is 2.62. The molecule has 0 spiro atoms. The predicted octanol–water partition coefficient (Wildman–Crippen LogP) is 4.68. The maximum absolute atomic E-state index is 14.4. The second kappa shape index (κ2) is 7.96. The third-order valence-electron chi connectivity index (χ3n) is 4.36. The SMILES string of the molecule is Cc1cc(I)ccc1Cc1c(C(=O)NOCC2CC2)cc(F)c(F)c1F. The molecule has 26 heavy (non-hydrogen) atoms. The van der Waals surface area contributed by atoms with E-state index in [-0.39, 0.29) is 17.5 Å². The highest BCUT2D eigenvalue weighted by atomic mass is 127. The van der Waals surface area contributed by atoms with E-state index in [0.717, 1.165) is 27.5 Å². The molecule has 0 saturated heterocycles. The Morgan fingerprint density at radius 3 is 2.62 bits per heavy atom. The zero-order chi connectivity index (χ0) is 18.8. The predicted molar refractivity (Wildman–Crippen MR) is 99.2 cm³/mol. The number of amides is 1. The van der Waals surface area contributed by atoms with Crippen molar-refractivity contribution in [2.45, 2.75) is 26.2 Å². The van der Waals surface area contributed by atoms with Crippen molar-refractivity contribution >= 4 is 28.5 Å². The minimum atomic E-state index is -1.58. The summed E-state index contributed by atoms with van der Waals surface area (Å²) in [5, 5.41) is 0. The first-order valence-electron chi connectivity index (χ1n) is 8.20. The normalized spacial score (nSPS) is 13.7. The highest BCUT2D eigenvalue weighted by Gasteiger charge is 2.25. The second-order valence-corrected chi connectivity index (χ2v) is 7.69. The van der Waals surface area contributed by atoms with Crippen LogP contribution in [0.15, 0.2) is 24.3 Å². The Labute approximate surface area is 163 Å². The van der Waals surface area contributed by atoms with Crippen LogP contribution in [0, 0.1) is 33.9 Å². The van der Waals surface area contributed by atoms with Crippen molar-refractivity contribution in [3.8, 4) is 0 Å². The van der Waals surface area contributed by atoms with Crippen LogP contribution in [0.4, 0.5) is 13.2 Å². The maximum Gasteiger partial charge on any atom is 0.275 e. The summed E-state index contributed by atoms with van der Waals surface area (Å²) in [4.78, 5) is 17.4. The zero-order valence-electron chi connectivity index (χ0n) is 14.0. The Hall–Kier alpha value is -1.61. The van der Waals surface area contributed by atoms with E-state index in [9.17, 15) is 18.0 Å². The number of carbonyl (C=O) groups is 1. The van der Waals surface area contributed by atoms with Gasteiger partial charge >= 0.3 is 0 Å². The largest absolute Gasteiger partial charge is 0.275 e. The molecule has 1 aliphatic rings. The number of nitrogens with one attached hydrogen (secondary N) is 1. The molecule has 1 amide bonds. The molecule has 0 unspecified atom stereocenters. The molecular weight excluding hydrogens is 458 g/mol. The van der Waals surface area contributed by atoms with Crippen LogP contribution < -0.4 is 5.48 Å². The molecule has 0 heterocycles. The molecule has 0 aromatic heterocycles. The minimum absolute atomic E-state index is 0.0306. The second-order valence-electron chi connectivity index (χ2n) is 6.45. The van der Waals surface area contributed by atoms with Crippen molar-refractivity contribution in [3.63, 3.8) is 0 Å². The van der Waals surface area contributed by atoms with Gasteiger partial charge in [-0.3, -0.25) is 9.63 Å². The van der Waals surface area contributed by atoms with Gasteiger partial charge in [-0.15, -0.1) is 0 Å². The van der Waals surface area contributed by atoms with E-state index in [1.165, 1.54) is 0 Å². The van der Waals surface area contributed by atoms with Gasteiger partial charge in [0, 0.05) is 15.6 Å². The molecule has 138 valence electrons. The molecule has 2 aromatic carbocycles. The average Bonchev–Trinajstić information content (AvgIpc) is 3.41. The number of hydroxylamine groups is 1. The van der Waals surface area contributed by atoms with Crippen LogP contribution in [-0.2, 0) is 11.3 Å². The lowest BCUT2D eigenvalue weighted by Gasteiger charge is -2.14. The summed E-state index contributed by atoms with van der Waals surface area (Å²) in [6, 6.07) is 6.22. The van der Waals surface area contributed by atoms with Crippen molar-refractivity contribution in [1.29, 1.82) is 0 Å². The molecule has 7 heteroatoms. The Balaban J connectivity index is 1.90. The number of rotatable bonds is 6. The van der Waals surface area contributed by atoms with Gasteiger partial charge in [-0.05, 0) is 77.6 Å². The molecule has 1 saturated carbocycles. The minimum Gasteiger partial charge on any atom is -0.273 e. The Morgan fingerprint density at radius 1 is 1.23 bits per heavy atom. The molecule has 3 nitrogen and oxygen atoms in total. The lowest BCUT2D eigenvalue weighted by atomic mass is 9.95. The van der Waals surface area contributed by atoms with Gasteiger partial charge in [0.2, 0.25) is 0 Å². The van der Waals surface area contributed by atoms with Crippen molar-refractivity contribution in [2.75, 3.05) is 6.61 Å².